The number of para-hydroxylation sites is 6. The molecule has 4 heterocycles. The molecule has 482 valence electrons. The van der Waals surface area contributed by atoms with Crippen LogP contribution in [0.2, 0.25) is 0 Å². The lowest BCUT2D eigenvalue weighted by Gasteiger charge is -2.45. The Hall–Kier alpha value is -10.9. The quantitative estimate of drug-likeness (QED) is 0.141. The summed E-state index contributed by atoms with van der Waals surface area (Å²) in [5.74, 6) is 0. The van der Waals surface area contributed by atoms with Gasteiger partial charge in [-0.05, 0) is 143 Å². The summed E-state index contributed by atoms with van der Waals surface area (Å²) in [6.45, 7) is 23.7. The Labute approximate surface area is 615 Å². The smallest absolute Gasteiger partial charge is 0.252 e. The highest BCUT2D eigenvalue weighted by Gasteiger charge is 2.45. The van der Waals surface area contributed by atoms with Gasteiger partial charge in [0.2, 0.25) is 0 Å². The van der Waals surface area contributed by atoms with E-state index in [1.807, 2.05) is 155 Å². The lowest BCUT2D eigenvalue weighted by Crippen LogP contribution is -2.61. The van der Waals surface area contributed by atoms with Crippen molar-refractivity contribution in [1.82, 2.24) is 9.13 Å². The monoisotopic (exact) mass is 1300 g/mol. The highest BCUT2D eigenvalue weighted by molar-refractivity contribution is 7.00. The predicted molar refractivity (Wildman–Crippen MR) is 426 cm³/mol. The summed E-state index contributed by atoms with van der Waals surface area (Å²) in [7, 11) is 0. The average molecular weight is 1300 g/mol. The van der Waals surface area contributed by atoms with Crippen LogP contribution >= 0.6 is 0 Å². The fraction of sp³-hybridized carbons (Fsp3) is 0.170. The standard InChI is InChI=1S/C94H83BN4/c1-91(2,3)64-46-38-60(39-47-64)70-28-21-29-71(61-40-48-65(49-41-61)92(4,5)6)89(70)98-84-36-23-37-85-88(84)95(78-56-54-68(58-86(78)98)96-80-32-17-13-24-74(80)75-25-14-18-33-81(75)96)79-57-55-69(97-82-34-19-15-26-76(82)77-27-16-20-35-83(77)97)59-87(79)99(85)90-72(62-42-50-66(51-43-62)93(7,8)9)30-22-31-73(90)63-44-52-67(53-45-63)94(10,11)12/h13-59H,1-12H3/i13D,14D,15D,16D,17D,18D,19D,20D,24D,25D,26D,27D,32D,33D,34D,35D,54D,55D,56D,57D,58D,59D. The van der Waals surface area contributed by atoms with Crippen molar-refractivity contribution in [1.29, 1.82) is 0 Å². The maximum Gasteiger partial charge on any atom is 0.252 e. The molecule has 13 aromatic carbocycles. The second kappa shape index (κ2) is 22.9. The molecular formula is C94H83BN4. The molecule has 2 aliphatic heterocycles. The van der Waals surface area contributed by atoms with E-state index in [1.165, 1.54) is 0 Å². The summed E-state index contributed by atoms with van der Waals surface area (Å²) in [5, 5.41) is -1.39. The van der Waals surface area contributed by atoms with Gasteiger partial charge in [0.25, 0.3) is 6.71 Å². The van der Waals surface area contributed by atoms with Crippen LogP contribution in [0.3, 0.4) is 0 Å². The molecule has 0 saturated carbocycles. The van der Waals surface area contributed by atoms with E-state index in [2.05, 4.69) is 83.1 Å². The van der Waals surface area contributed by atoms with Crippen LogP contribution < -0.4 is 26.2 Å². The third kappa shape index (κ3) is 10.2. The summed E-state index contributed by atoms with van der Waals surface area (Å²) in [6, 6.07) is 33.8. The van der Waals surface area contributed by atoms with Gasteiger partial charge in [-0.15, -0.1) is 0 Å². The largest absolute Gasteiger partial charge is 0.310 e. The van der Waals surface area contributed by atoms with Crippen LogP contribution in [0.1, 0.15) is 135 Å². The number of rotatable bonds is 8. The lowest BCUT2D eigenvalue weighted by molar-refractivity contribution is 0.590. The number of hydrogen-bond acceptors (Lipinski definition) is 2. The first kappa shape index (κ1) is 42.1. The first-order chi connectivity index (χ1) is 56.8. The summed E-state index contributed by atoms with van der Waals surface area (Å²) in [5.41, 5.74) is 6.14. The van der Waals surface area contributed by atoms with E-state index in [-0.39, 0.29) is 65.5 Å². The van der Waals surface area contributed by atoms with Gasteiger partial charge in [0.05, 0.1) is 63.6 Å². The molecule has 0 amide bonds. The number of hydrogen-bond donors (Lipinski definition) is 0. The Bertz CT molecular complexity index is 6350. The van der Waals surface area contributed by atoms with Crippen molar-refractivity contribution in [2.75, 3.05) is 9.80 Å². The Balaban J connectivity index is 1.12. The van der Waals surface area contributed by atoms with Gasteiger partial charge in [-0.1, -0.05) is 307 Å². The van der Waals surface area contributed by atoms with Gasteiger partial charge in [0.1, 0.15) is 0 Å². The van der Waals surface area contributed by atoms with E-state index in [9.17, 15) is 24.7 Å². The van der Waals surface area contributed by atoms with Crippen molar-refractivity contribution in [3.63, 3.8) is 0 Å². The van der Waals surface area contributed by atoms with Crippen molar-refractivity contribution in [2.24, 2.45) is 0 Å². The van der Waals surface area contributed by atoms with E-state index in [0.29, 0.717) is 72.7 Å². The Morgan fingerprint density at radius 3 is 0.818 bits per heavy atom. The molecule has 5 heteroatoms. The first-order valence-electron chi connectivity index (χ1n) is 44.6. The molecule has 99 heavy (non-hydrogen) atoms. The molecule has 0 unspecified atom stereocenters. The van der Waals surface area contributed by atoms with E-state index in [1.54, 1.807) is 6.07 Å². The summed E-state index contributed by atoms with van der Waals surface area (Å²) >= 11 is 0. The number of benzene rings is 13. The van der Waals surface area contributed by atoms with Crippen molar-refractivity contribution in [3.8, 4) is 55.9 Å². The molecule has 0 saturated heterocycles. The molecule has 0 atom stereocenters. The van der Waals surface area contributed by atoms with E-state index in [4.69, 9.17) is 5.48 Å². The molecule has 0 aliphatic carbocycles. The SMILES string of the molecule is [2H]c1c([2H])c(-n2c3c([2H])c([2H])c([2H])c([2H])c3c3c([2H])c([2H])c([2H])c([2H])c32)c([2H])c2c1B1c3c(cccc3N(c3c(-c4ccc(C(C)(C)C)cc4)cccc3-c3ccc(C(C)(C)C)cc3)c3c([2H])c(-n4c5c([2H])c([2H])c([2H])c([2H])c5c5c([2H])c([2H])c([2H])c([2H])c54)c([2H])c([2H])c31)N2c1c(-c2ccc(C(C)(C)C)cc2)cccc1-c1ccc(C(C)(C)C)cc1. The zero-order chi connectivity index (χ0) is 87.2. The minimum Gasteiger partial charge on any atom is -0.310 e. The third-order valence-corrected chi connectivity index (χ3v) is 19.7. The maximum atomic E-state index is 11.6. The average Bonchev–Trinajstić information content (AvgIpc) is 1.49. The molecule has 0 radical (unpaired) electrons. The number of fused-ring (bicyclic) bond motifs is 10. The molecule has 15 aromatic rings. The zero-order valence-electron chi connectivity index (χ0n) is 79.3. The summed E-state index contributed by atoms with van der Waals surface area (Å²) in [6.07, 6.45) is 0. The summed E-state index contributed by atoms with van der Waals surface area (Å²) in [4.78, 5) is 3.69. The fourth-order valence-corrected chi connectivity index (χ4v) is 14.5. The van der Waals surface area contributed by atoms with Crippen LogP contribution in [0, 0.1) is 0 Å². The lowest BCUT2D eigenvalue weighted by atomic mass is 9.33. The molecular weight excluding hydrogens is 1200 g/mol. The molecule has 0 spiro atoms. The van der Waals surface area contributed by atoms with Gasteiger partial charge in [-0.25, -0.2) is 0 Å². The molecule has 17 rings (SSSR count). The van der Waals surface area contributed by atoms with Crippen molar-refractivity contribution >= 4 is 101 Å². The van der Waals surface area contributed by atoms with Crippen LogP contribution in [0.15, 0.2) is 285 Å². The minimum atomic E-state index is -1.62. The number of aromatic nitrogens is 2. The molecule has 4 nitrogen and oxygen atoms in total. The Kier molecular flexibility index (Phi) is 9.71. The van der Waals surface area contributed by atoms with Gasteiger partial charge >= 0.3 is 0 Å². The normalized spacial score (nSPS) is 16.3. The third-order valence-electron chi connectivity index (χ3n) is 19.7. The van der Waals surface area contributed by atoms with Crippen LogP contribution in [0.5, 0.6) is 0 Å². The fourth-order valence-electron chi connectivity index (χ4n) is 14.5. The minimum absolute atomic E-state index is 0.153. The zero-order valence-corrected chi connectivity index (χ0v) is 57.3. The Morgan fingerprint density at radius 1 is 0.283 bits per heavy atom. The van der Waals surface area contributed by atoms with Crippen LogP contribution in [0.4, 0.5) is 34.1 Å². The maximum absolute atomic E-state index is 11.6. The predicted octanol–water partition coefficient (Wildman–Crippen LogP) is 23.8. The van der Waals surface area contributed by atoms with Crippen molar-refractivity contribution in [3.05, 3.63) is 307 Å². The van der Waals surface area contributed by atoms with Gasteiger partial charge < -0.3 is 18.9 Å². The van der Waals surface area contributed by atoms with Crippen LogP contribution in [-0.4, -0.2) is 15.8 Å². The van der Waals surface area contributed by atoms with Gasteiger partial charge in [-0.3, -0.25) is 0 Å². The van der Waals surface area contributed by atoms with Crippen LogP contribution in [-0.2, 0) is 21.7 Å². The molecule has 2 aromatic heterocycles. The second-order valence-electron chi connectivity index (χ2n) is 30.1. The van der Waals surface area contributed by atoms with E-state index < -0.39 is 173 Å². The highest BCUT2D eigenvalue weighted by Crippen LogP contribution is 2.54. The van der Waals surface area contributed by atoms with Gasteiger partial charge in [-0.2, -0.15) is 0 Å². The van der Waals surface area contributed by atoms with E-state index >= 15 is 0 Å². The van der Waals surface area contributed by atoms with Crippen molar-refractivity contribution in [2.45, 2.75) is 105 Å². The second-order valence-corrected chi connectivity index (χ2v) is 30.1. The van der Waals surface area contributed by atoms with Crippen LogP contribution in [0.25, 0.3) is 99.5 Å². The molecule has 0 N–H and O–H groups in total. The van der Waals surface area contributed by atoms with Gasteiger partial charge in [0.15, 0.2) is 0 Å². The molecule has 2 aliphatic rings. The summed E-state index contributed by atoms with van der Waals surface area (Å²) < 4.78 is 221. The first-order valence-corrected chi connectivity index (χ1v) is 33.6. The molecule has 0 bridgehead atoms. The topological polar surface area (TPSA) is 16.3 Å². The highest BCUT2D eigenvalue weighted by atomic mass is 15.2. The van der Waals surface area contributed by atoms with E-state index in [0.717, 1.165) is 31.4 Å². The van der Waals surface area contributed by atoms with Crippen molar-refractivity contribution < 1.29 is 30.2 Å². The Morgan fingerprint density at radius 2 is 0.545 bits per heavy atom. The number of anilines is 6. The van der Waals surface area contributed by atoms with Gasteiger partial charge in [0, 0.05) is 77.9 Å². The number of nitrogens with zero attached hydrogens (tertiary/aromatic N) is 4. The molecule has 0 fully saturated rings.